The van der Waals surface area contributed by atoms with Crippen molar-refractivity contribution in [2.75, 3.05) is 13.7 Å². The molecule has 0 aromatic rings. The largest absolute Gasteiger partial charge is 0.460 e. The first-order chi connectivity index (χ1) is 30.2. The van der Waals surface area contributed by atoms with Crippen LogP contribution in [0.25, 0.3) is 0 Å². The number of Topliss-reactive ketones (excluding diaryl/α,β-unsaturated/α-hetero) is 3. The lowest BCUT2D eigenvalue weighted by molar-refractivity contribution is -0.265. The molecule has 0 aromatic carbocycles. The van der Waals surface area contributed by atoms with Crippen molar-refractivity contribution in [1.82, 2.24) is 4.90 Å². The number of nitrogens with zero attached hydrogens (tertiary/aromatic N) is 1. The lowest BCUT2D eigenvalue weighted by Crippen LogP contribution is -2.61. The number of rotatable bonds is 4. The van der Waals surface area contributed by atoms with Gasteiger partial charge < -0.3 is 39.5 Å². The molecule has 4 N–H and O–H groups in total. The second kappa shape index (κ2) is 25.0. The molecule has 360 valence electrons. The molecular weight excluding hydrogens is 819 g/mol. The molecule has 1 aliphatic carbocycles. The van der Waals surface area contributed by atoms with E-state index >= 15 is 0 Å². The molecule has 3 fully saturated rings. The van der Waals surface area contributed by atoms with Crippen LogP contribution in [-0.4, -0.2) is 117 Å². The topological polar surface area (TPSA) is 197 Å². The van der Waals surface area contributed by atoms with E-state index in [-0.39, 0.29) is 73.6 Å². The summed E-state index contributed by atoms with van der Waals surface area (Å²) < 4.78 is 18.2. The number of amides is 1. The van der Waals surface area contributed by atoms with Gasteiger partial charge in [0, 0.05) is 57.1 Å². The van der Waals surface area contributed by atoms with Crippen LogP contribution < -0.4 is 0 Å². The highest BCUT2D eigenvalue weighted by molar-refractivity contribution is 6.39. The van der Waals surface area contributed by atoms with E-state index in [2.05, 4.69) is 0 Å². The van der Waals surface area contributed by atoms with Gasteiger partial charge in [0.15, 0.2) is 0 Å². The van der Waals surface area contributed by atoms with E-state index in [1.54, 1.807) is 34.0 Å². The molecule has 1 saturated carbocycles. The van der Waals surface area contributed by atoms with Crippen molar-refractivity contribution >= 4 is 29.2 Å². The number of esters is 1. The van der Waals surface area contributed by atoms with E-state index in [1.807, 2.05) is 58.1 Å². The number of ether oxygens (including phenoxy) is 3. The van der Waals surface area contributed by atoms with Gasteiger partial charge in [-0.05, 0) is 113 Å². The maximum absolute atomic E-state index is 14.2. The van der Waals surface area contributed by atoms with Gasteiger partial charge in [0.25, 0.3) is 11.7 Å². The number of hydrogen-bond acceptors (Lipinski definition) is 12. The van der Waals surface area contributed by atoms with Gasteiger partial charge in [-0.25, -0.2) is 4.79 Å². The van der Waals surface area contributed by atoms with E-state index in [0.717, 1.165) is 18.4 Å². The second-order valence-electron chi connectivity index (χ2n) is 19.8. The highest BCUT2D eigenvalue weighted by Crippen LogP contribution is 2.37. The van der Waals surface area contributed by atoms with Crippen molar-refractivity contribution in [3.63, 3.8) is 0 Å². The number of ketones is 3. The zero-order chi connectivity index (χ0) is 47.3. The molecule has 64 heavy (non-hydrogen) atoms. The molecular formula is C51H79NO12. The molecule has 0 radical (unpaired) electrons. The Balaban J connectivity index is 1.64. The van der Waals surface area contributed by atoms with Crippen LogP contribution in [0, 0.1) is 35.5 Å². The summed E-state index contributed by atoms with van der Waals surface area (Å²) >= 11 is 0. The number of methoxy groups -OCH3 is 1. The molecule has 1 amide bonds. The monoisotopic (exact) mass is 898 g/mol. The third-order valence-electron chi connectivity index (χ3n) is 14.4. The Labute approximate surface area is 381 Å². The van der Waals surface area contributed by atoms with Crippen molar-refractivity contribution in [2.24, 2.45) is 35.5 Å². The average Bonchev–Trinajstić information content (AvgIpc) is 3.25. The normalized spacial score (nSPS) is 40.1. The number of aliphatic hydroxyl groups is 4. The molecule has 13 heteroatoms. The number of piperidine rings is 1. The summed E-state index contributed by atoms with van der Waals surface area (Å²) in [6.07, 6.45) is 13.2. The number of aliphatic hydroxyl groups excluding tert-OH is 3. The van der Waals surface area contributed by atoms with E-state index < -0.39 is 71.8 Å². The molecule has 1 unspecified atom stereocenters. The van der Waals surface area contributed by atoms with Gasteiger partial charge in [0.05, 0.1) is 30.5 Å². The predicted molar refractivity (Wildman–Crippen MR) is 243 cm³/mol. The minimum atomic E-state index is -2.42. The van der Waals surface area contributed by atoms with Crippen LogP contribution in [0.5, 0.6) is 0 Å². The molecule has 3 aliphatic heterocycles. The third-order valence-corrected chi connectivity index (χ3v) is 14.4. The van der Waals surface area contributed by atoms with Crippen molar-refractivity contribution in [3.8, 4) is 0 Å². The van der Waals surface area contributed by atoms with Gasteiger partial charge in [-0.15, -0.1) is 0 Å². The predicted octanol–water partition coefficient (Wildman–Crippen LogP) is 6.68. The van der Waals surface area contributed by atoms with E-state index in [4.69, 9.17) is 14.2 Å². The summed E-state index contributed by atoms with van der Waals surface area (Å²) in [4.78, 5) is 70.4. The van der Waals surface area contributed by atoms with E-state index in [0.29, 0.717) is 63.4 Å². The Morgan fingerprint density at radius 3 is 2.20 bits per heavy atom. The molecule has 3 heterocycles. The maximum atomic E-state index is 14.2. The van der Waals surface area contributed by atoms with Crippen molar-refractivity contribution in [3.05, 3.63) is 47.6 Å². The summed E-state index contributed by atoms with van der Waals surface area (Å²) in [6, 6.07) is -1.11. The Bertz CT molecular complexity index is 1710. The minimum absolute atomic E-state index is 0.0503. The van der Waals surface area contributed by atoms with Crippen LogP contribution >= 0.6 is 0 Å². The Kier molecular flexibility index (Phi) is 20.8. The van der Waals surface area contributed by atoms with Crippen LogP contribution in [-0.2, 0) is 38.2 Å². The fraction of sp³-hybridized carbons (Fsp3) is 0.745. The van der Waals surface area contributed by atoms with Crippen LogP contribution in [0.2, 0.25) is 0 Å². The molecule has 12 atom stereocenters. The quantitative estimate of drug-likeness (QED) is 0.133. The van der Waals surface area contributed by atoms with Gasteiger partial charge in [-0.2, -0.15) is 0 Å². The van der Waals surface area contributed by atoms with E-state index in [9.17, 15) is 44.4 Å². The molecule has 2 bridgehead atoms. The number of cyclic esters (lactones) is 1. The van der Waals surface area contributed by atoms with Gasteiger partial charge in [-0.1, -0.05) is 71.1 Å². The number of fused-ring (bicyclic) bond motifs is 3. The van der Waals surface area contributed by atoms with Crippen LogP contribution in [0.3, 0.4) is 0 Å². The highest BCUT2D eigenvalue weighted by atomic mass is 16.6. The summed E-state index contributed by atoms with van der Waals surface area (Å²) in [6.45, 7) is 12.9. The molecule has 13 nitrogen and oxygen atoms in total. The summed E-state index contributed by atoms with van der Waals surface area (Å²) in [7, 11) is 1.58. The number of carbonyl (C=O) groups is 5. The number of allylic oxidation sites excluding steroid dienone is 6. The van der Waals surface area contributed by atoms with Crippen molar-refractivity contribution in [2.45, 2.75) is 193 Å². The van der Waals surface area contributed by atoms with Crippen molar-refractivity contribution < 1.29 is 58.6 Å². The number of hydrogen-bond donors (Lipinski definition) is 4. The highest BCUT2D eigenvalue weighted by Gasteiger charge is 2.53. The number of carbonyl (C=O) groups excluding carboxylic acids is 5. The molecule has 0 spiro atoms. The van der Waals surface area contributed by atoms with Crippen molar-refractivity contribution in [1.29, 1.82) is 0 Å². The first-order valence-electron chi connectivity index (χ1n) is 24.0. The SMILES string of the molecule is CO[C@H]1C[C@@H]2CC[C@@H](C)[C@@](O)(O2)C(=O)C(=O)N2CCCC[C@H]2C(=O)O[C@H]([C@H](C)CC2CCC(O)CC2)CC(O)CC(=O)[C@H](C)/C=C(/C)[C@@H](O)CC(=O)[C@@H](C)C[C@H](C)\C=C/C=C\C=C/1C. The smallest absolute Gasteiger partial charge is 0.329 e. The lowest BCUT2D eigenvalue weighted by Gasteiger charge is -2.42. The lowest BCUT2D eigenvalue weighted by atomic mass is 9.80. The second-order valence-corrected chi connectivity index (χ2v) is 19.8. The van der Waals surface area contributed by atoms with Gasteiger partial charge in [-0.3, -0.25) is 19.2 Å². The molecule has 0 aromatic heterocycles. The minimum Gasteiger partial charge on any atom is -0.460 e. The zero-order valence-corrected chi connectivity index (χ0v) is 39.8. The standard InChI is InChI=1S/C51H79NO12/c1-31-14-10-9-11-15-32(2)46(62-8)29-41-22-17-37(7)51(61,64-41)48(58)49(59)52-23-13-12-16-42(52)50(60)63-47(36(6)26-38-18-20-39(53)21-19-38)28-40(54)27-43(55)34(4)25-35(5)45(57)30-44(56)33(3)24-31/h9-11,14-15,25,31,33-34,36-42,45-47,53-54,57,61H,12-13,16-24,26-30H2,1-8H3/b11-9-,14-10-,32-15-,35-25-/t31-,33+,34-,36-,37-,38?,39?,40?,41+,42+,45+,46+,47+,51-/m1/s1. The van der Waals surface area contributed by atoms with Crippen LogP contribution in [0.4, 0.5) is 0 Å². The Hall–Kier alpha value is -3.33. The van der Waals surface area contributed by atoms with Crippen LogP contribution in [0.1, 0.15) is 145 Å². The zero-order valence-electron chi connectivity index (χ0n) is 39.8. The Morgan fingerprint density at radius 2 is 1.52 bits per heavy atom. The third kappa shape index (κ3) is 15.1. The maximum Gasteiger partial charge on any atom is 0.329 e. The molecule has 2 saturated heterocycles. The van der Waals surface area contributed by atoms with Gasteiger partial charge in [0.2, 0.25) is 5.79 Å². The van der Waals surface area contributed by atoms with E-state index in [1.165, 1.54) is 4.90 Å². The summed E-state index contributed by atoms with van der Waals surface area (Å²) in [5, 5.41) is 44.4. The molecule has 4 rings (SSSR count). The average molecular weight is 898 g/mol. The first-order valence-corrected chi connectivity index (χ1v) is 24.0. The van der Waals surface area contributed by atoms with Gasteiger partial charge in [0.1, 0.15) is 23.7 Å². The summed E-state index contributed by atoms with van der Waals surface area (Å²) in [5.41, 5.74) is 1.38. The fourth-order valence-electron chi connectivity index (χ4n) is 9.92. The molecule has 4 aliphatic rings. The summed E-state index contributed by atoms with van der Waals surface area (Å²) in [5.74, 6) is -7.25. The van der Waals surface area contributed by atoms with Gasteiger partial charge >= 0.3 is 5.97 Å². The Morgan fingerprint density at radius 1 is 0.812 bits per heavy atom. The first kappa shape index (κ1) is 53.3. The fourth-order valence-corrected chi connectivity index (χ4v) is 9.92. The van der Waals surface area contributed by atoms with Crippen LogP contribution in [0.15, 0.2) is 47.6 Å².